The number of hydrogen-bond donors (Lipinski definition) is 1. The lowest BCUT2D eigenvalue weighted by Crippen LogP contribution is -2.37. The summed E-state index contributed by atoms with van der Waals surface area (Å²) in [6.07, 6.45) is -4.86. The van der Waals surface area contributed by atoms with Gasteiger partial charge in [-0.05, 0) is 17.9 Å². The monoisotopic (exact) mass is 287 g/mol. The zero-order valence-corrected chi connectivity index (χ0v) is 10.3. The topological polar surface area (TPSA) is 55.4 Å². The van der Waals surface area contributed by atoms with E-state index < -0.39 is 24.2 Å². The van der Waals surface area contributed by atoms with E-state index in [1.807, 2.05) is 30.3 Å². The van der Waals surface area contributed by atoms with E-state index in [0.717, 1.165) is 5.56 Å². The summed E-state index contributed by atoms with van der Waals surface area (Å²) >= 11 is 0. The largest absolute Gasteiger partial charge is 0.491 e. The molecule has 4 nitrogen and oxygen atoms in total. The van der Waals surface area contributed by atoms with Gasteiger partial charge in [-0.15, -0.1) is 0 Å². The number of carbonyl (C=O) groups is 2. The molecule has 7 heteroatoms. The first-order valence-electron chi connectivity index (χ1n) is 5.99. The maximum absolute atomic E-state index is 12.0. The molecule has 0 amide bonds. The van der Waals surface area contributed by atoms with Crippen LogP contribution in [0.5, 0.6) is 0 Å². The van der Waals surface area contributed by atoms with Crippen molar-refractivity contribution in [2.45, 2.75) is 24.6 Å². The SMILES string of the molecule is O=C(OC(=O)C(F)(F)F)C1CC(c2ccccc2)CN1. The van der Waals surface area contributed by atoms with Crippen molar-refractivity contribution in [3.8, 4) is 0 Å². The van der Waals surface area contributed by atoms with Crippen LogP contribution in [0.4, 0.5) is 13.2 Å². The molecular weight excluding hydrogens is 275 g/mol. The van der Waals surface area contributed by atoms with E-state index in [4.69, 9.17) is 0 Å². The van der Waals surface area contributed by atoms with E-state index in [0.29, 0.717) is 13.0 Å². The van der Waals surface area contributed by atoms with Crippen molar-refractivity contribution in [2.75, 3.05) is 6.54 Å². The Morgan fingerprint density at radius 2 is 1.85 bits per heavy atom. The summed E-state index contributed by atoms with van der Waals surface area (Å²) in [6.45, 7) is 0.448. The van der Waals surface area contributed by atoms with Gasteiger partial charge in [0.15, 0.2) is 0 Å². The van der Waals surface area contributed by atoms with Crippen molar-refractivity contribution < 1.29 is 27.5 Å². The van der Waals surface area contributed by atoms with Gasteiger partial charge in [-0.25, -0.2) is 9.59 Å². The Kier molecular flexibility index (Phi) is 4.08. The van der Waals surface area contributed by atoms with Crippen molar-refractivity contribution in [1.29, 1.82) is 0 Å². The highest BCUT2D eigenvalue weighted by atomic mass is 19.4. The summed E-state index contributed by atoms with van der Waals surface area (Å²) in [4.78, 5) is 22.1. The van der Waals surface area contributed by atoms with Gasteiger partial charge in [0.2, 0.25) is 0 Å². The van der Waals surface area contributed by atoms with Crippen LogP contribution in [0.3, 0.4) is 0 Å². The highest BCUT2D eigenvalue weighted by Crippen LogP contribution is 2.26. The number of hydrogen-bond acceptors (Lipinski definition) is 4. The Morgan fingerprint density at radius 3 is 2.45 bits per heavy atom. The molecule has 0 bridgehead atoms. The molecule has 1 N–H and O–H groups in total. The molecular formula is C13H12F3NO3. The third kappa shape index (κ3) is 3.36. The fraction of sp³-hybridized carbons (Fsp3) is 0.385. The number of alkyl halides is 3. The van der Waals surface area contributed by atoms with Crippen molar-refractivity contribution in [1.82, 2.24) is 5.32 Å². The Morgan fingerprint density at radius 1 is 1.20 bits per heavy atom. The molecule has 1 saturated heterocycles. The van der Waals surface area contributed by atoms with Crippen LogP contribution in [0.2, 0.25) is 0 Å². The van der Waals surface area contributed by atoms with E-state index in [2.05, 4.69) is 10.1 Å². The van der Waals surface area contributed by atoms with Gasteiger partial charge in [-0.1, -0.05) is 30.3 Å². The number of carbonyl (C=O) groups excluding carboxylic acids is 2. The number of benzene rings is 1. The summed E-state index contributed by atoms with van der Waals surface area (Å²) < 4.78 is 39.8. The molecule has 1 heterocycles. The van der Waals surface area contributed by atoms with Crippen molar-refractivity contribution in [2.24, 2.45) is 0 Å². The average Bonchev–Trinajstić information content (AvgIpc) is 2.88. The van der Waals surface area contributed by atoms with Crippen molar-refractivity contribution in [3.63, 3.8) is 0 Å². The Hall–Kier alpha value is -1.89. The smallest absolute Gasteiger partial charge is 0.385 e. The second-order valence-electron chi connectivity index (χ2n) is 4.51. The van der Waals surface area contributed by atoms with Crippen LogP contribution in [-0.2, 0) is 14.3 Å². The number of nitrogens with one attached hydrogen (secondary N) is 1. The number of ether oxygens (including phenoxy) is 1. The number of halogens is 3. The molecule has 1 fully saturated rings. The molecule has 1 aromatic carbocycles. The van der Waals surface area contributed by atoms with Crippen LogP contribution in [-0.4, -0.2) is 30.7 Å². The molecule has 0 spiro atoms. The first-order valence-corrected chi connectivity index (χ1v) is 5.99. The Balaban J connectivity index is 1.93. The third-order valence-corrected chi connectivity index (χ3v) is 3.11. The molecule has 1 aliphatic heterocycles. The molecule has 108 valence electrons. The summed E-state index contributed by atoms with van der Waals surface area (Å²) in [5, 5.41) is 2.77. The Labute approximate surface area is 112 Å². The molecule has 2 rings (SSSR count). The van der Waals surface area contributed by atoms with Gasteiger partial charge < -0.3 is 10.1 Å². The molecule has 1 aromatic rings. The Bertz CT molecular complexity index is 501. The standard InChI is InChI=1S/C13H12F3NO3/c14-13(15,16)12(19)20-11(18)10-6-9(7-17-10)8-4-2-1-3-5-8/h1-5,9-10,17H,6-7H2. The average molecular weight is 287 g/mol. The van der Waals surface area contributed by atoms with Crippen LogP contribution in [0.15, 0.2) is 30.3 Å². The van der Waals surface area contributed by atoms with E-state index in [1.54, 1.807) is 0 Å². The van der Waals surface area contributed by atoms with Crippen LogP contribution in [0.25, 0.3) is 0 Å². The van der Waals surface area contributed by atoms with Gasteiger partial charge in [0.1, 0.15) is 6.04 Å². The summed E-state index contributed by atoms with van der Waals surface area (Å²) in [7, 11) is 0. The molecule has 0 radical (unpaired) electrons. The number of rotatable bonds is 2. The molecule has 2 atom stereocenters. The van der Waals surface area contributed by atoms with Crippen LogP contribution >= 0.6 is 0 Å². The van der Waals surface area contributed by atoms with E-state index >= 15 is 0 Å². The predicted octanol–water partition coefficient (Wildman–Crippen LogP) is 1.76. The zero-order chi connectivity index (χ0) is 14.8. The molecule has 2 unspecified atom stereocenters. The van der Waals surface area contributed by atoms with Crippen LogP contribution < -0.4 is 5.32 Å². The van der Waals surface area contributed by atoms with Crippen molar-refractivity contribution in [3.05, 3.63) is 35.9 Å². The maximum atomic E-state index is 12.0. The van der Waals surface area contributed by atoms with Crippen molar-refractivity contribution >= 4 is 11.9 Å². The maximum Gasteiger partial charge on any atom is 0.491 e. The predicted molar refractivity (Wildman–Crippen MR) is 62.7 cm³/mol. The quantitative estimate of drug-likeness (QED) is 0.665. The van der Waals surface area contributed by atoms with Gasteiger partial charge >= 0.3 is 18.1 Å². The lowest BCUT2D eigenvalue weighted by atomic mass is 9.96. The molecule has 0 aliphatic carbocycles. The highest BCUT2D eigenvalue weighted by molar-refractivity contribution is 5.91. The minimum absolute atomic E-state index is 0.00902. The second kappa shape index (κ2) is 5.62. The highest BCUT2D eigenvalue weighted by Gasteiger charge is 2.44. The summed E-state index contributed by atoms with van der Waals surface area (Å²) in [6, 6.07) is 8.38. The lowest BCUT2D eigenvalue weighted by Gasteiger charge is -2.11. The normalized spacial score (nSPS) is 22.6. The third-order valence-electron chi connectivity index (χ3n) is 3.11. The van der Waals surface area contributed by atoms with Crippen LogP contribution in [0, 0.1) is 0 Å². The van der Waals surface area contributed by atoms with Gasteiger partial charge in [-0.3, -0.25) is 0 Å². The lowest BCUT2D eigenvalue weighted by molar-refractivity contribution is -0.202. The molecule has 0 saturated carbocycles. The molecule has 1 aliphatic rings. The van der Waals surface area contributed by atoms with E-state index in [-0.39, 0.29) is 5.92 Å². The molecule has 0 aromatic heterocycles. The fourth-order valence-corrected chi connectivity index (χ4v) is 2.11. The first-order chi connectivity index (χ1) is 9.38. The summed E-state index contributed by atoms with van der Waals surface area (Å²) in [5.74, 6) is -3.66. The first kappa shape index (κ1) is 14.5. The number of esters is 2. The van der Waals surface area contributed by atoms with Gasteiger partial charge in [0.25, 0.3) is 0 Å². The van der Waals surface area contributed by atoms with Gasteiger partial charge in [-0.2, -0.15) is 13.2 Å². The fourth-order valence-electron chi connectivity index (χ4n) is 2.11. The minimum Gasteiger partial charge on any atom is -0.385 e. The van der Waals surface area contributed by atoms with Gasteiger partial charge in [0, 0.05) is 6.54 Å². The summed E-state index contributed by atoms with van der Waals surface area (Å²) in [5.41, 5.74) is 0.984. The van der Waals surface area contributed by atoms with Crippen LogP contribution in [0.1, 0.15) is 17.9 Å². The van der Waals surface area contributed by atoms with Gasteiger partial charge in [0.05, 0.1) is 0 Å². The zero-order valence-electron chi connectivity index (χ0n) is 10.3. The second-order valence-corrected chi connectivity index (χ2v) is 4.51. The molecule has 20 heavy (non-hydrogen) atoms. The minimum atomic E-state index is -5.16. The van der Waals surface area contributed by atoms with E-state index in [9.17, 15) is 22.8 Å². The van der Waals surface area contributed by atoms with E-state index in [1.165, 1.54) is 0 Å².